The Labute approximate surface area is 366 Å². The van der Waals surface area contributed by atoms with Crippen molar-refractivity contribution in [3.8, 4) is 17.1 Å². The molecule has 0 saturated heterocycles. The molecule has 1 atom stereocenters. The average molecular weight is 818 g/mol. The van der Waals surface area contributed by atoms with Crippen molar-refractivity contribution >= 4 is 88.0 Å². The summed E-state index contributed by atoms with van der Waals surface area (Å²) in [7, 11) is 0. The molecule has 2 aliphatic heterocycles. The van der Waals surface area contributed by atoms with Gasteiger partial charge in [-0.1, -0.05) is 151 Å². The van der Waals surface area contributed by atoms with Gasteiger partial charge in [-0.05, 0) is 106 Å². The number of para-hydroxylation sites is 5. The zero-order valence-electron chi connectivity index (χ0n) is 34.0. The normalized spacial score (nSPS) is 15.3. The molecule has 1 spiro atoms. The van der Waals surface area contributed by atoms with Crippen molar-refractivity contribution in [2.45, 2.75) is 15.2 Å². The van der Waals surface area contributed by atoms with Crippen molar-refractivity contribution in [3.05, 3.63) is 235 Å². The molecule has 63 heavy (non-hydrogen) atoms. The van der Waals surface area contributed by atoms with Crippen LogP contribution in [0.2, 0.25) is 0 Å². The molecule has 3 nitrogen and oxygen atoms in total. The molecule has 0 amide bonds. The molecule has 292 valence electrons. The first-order chi connectivity index (χ1) is 31.3. The van der Waals surface area contributed by atoms with Crippen LogP contribution in [-0.2, 0) is 5.41 Å². The Kier molecular flexibility index (Phi) is 6.55. The zero-order valence-corrected chi connectivity index (χ0v) is 34.8. The van der Waals surface area contributed by atoms with Gasteiger partial charge in [-0.15, -0.1) is 0 Å². The van der Waals surface area contributed by atoms with Gasteiger partial charge >= 0.3 is 0 Å². The van der Waals surface area contributed by atoms with Gasteiger partial charge in [0.2, 0.25) is 0 Å². The first-order valence-corrected chi connectivity index (χ1v) is 22.6. The first-order valence-electron chi connectivity index (χ1n) is 21.8. The summed E-state index contributed by atoms with van der Waals surface area (Å²) in [6.07, 6.45) is 0. The molecule has 3 aromatic heterocycles. The predicted molar refractivity (Wildman–Crippen MR) is 263 cm³/mol. The minimum absolute atomic E-state index is 0.543. The Morgan fingerprint density at radius 2 is 0.857 bits per heavy atom. The van der Waals surface area contributed by atoms with Gasteiger partial charge in [0, 0.05) is 53.5 Å². The van der Waals surface area contributed by atoms with Crippen molar-refractivity contribution in [2.75, 3.05) is 0 Å². The maximum absolute atomic E-state index is 2.56. The van der Waals surface area contributed by atoms with Crippen molar-refractivity contribution in [2.24, 2.45) is 0 Å². The molecule has 0 saturated carbocycles. The lowest BCUT2D eigenvalue weighted by Gasteiger charge is -2.45. The second-order valence-corrected chi connectivity index (χ2v) is 18.3. The summed E-state index contributed by atoms with van der Waals surface area (Å²) in [5.74, 6) is 0. The summed E-state index contributed by atoms with van der Waals surface area (Å²) < 4.78 is 7.47. The van der Waals surface area contributed by atoms with Gasteiger partial charge in [-0.3, -0.25) is 0 Å². The van der Waals surface area contributed by atoms with Crippen molar-refractivity contribution in [1.29, 1.82) is 0 Å². The number of hydrogen-bond acceptors (Lipinski definition) is 1. The van der Waals surface area contributed by atoms with Crippen LogP contribution < -0.4 is 0 Å². The van der Waals surface area contributed by atoms with Crippen molar-refractivity contribution < 1.29 is 0 Å². The molecule has 5 heterocycles. The molecule has 2 aliphatic rings. The predicted octanol–water partition coefficient (Wildman–Crippen LogP) is 15.3. The Morgan fingerprint density at radius 3 is 1.67 bits per heavy atom. The van der Waals surface area contributed by atoms with Gasteiger partial charge in [0.15, 0.2) is 0 Å². The lowest BCUT2D eigenvalue weighted by molar-refractivity contribution is 0.691. The lowest BCUT2D eigenvalue weighted by Crippen LogP contribution is -2.37. The highest BCUT2D eigenvalue weighted by atomic mass is 32.2. The maximum atomic E-state index is 2.56. The van der Waals surface area contributed by atoms with Crippen LogP contribution in [0.15, 0.2) is 222 Å². The van der Waals surface area contributed by atoms with E-state index in [4.69, 9.17) is 0 Å². The smallest absolute Gasteiger partial charge is 0.0764 e. The Balaban J connectivity index is 1.02. The topological polar surface area (TPSA) is 14.8 Å². The summed E-state index contributed by atoms with van der Waals surface area (Å²) in [5.41, 5.74) is 15.7. The van der Waals surface area contributed by atoms with Gasteiger partial charge in [0.1, 0.15) is 0 Å². The van der Waals surface area contributed by atoms with Crippen LogP contribution in [0.1, 0.15) is 22.3 Å². The van der Waals surface area contributed by atoms with E-state index in [-0.39, 0.29) is 0 Å². The van der Waals surface area contributed by atoms with Gasteiger partial charge in [-0.2, -0.15) is 0 Å². The Morgan fingerprint density at radius 1 is 0.302 bits per heavy atom. The van der Waals surface area contributed by atoms with E-state index in [0.29, 0.717) is 0 Å². The highest BCUT2D eigenvalue weighted by Crippen LogP contribution is 2.61. The first kappa shape index (κ1) is 33.9. The van der Waals surface area contributed by atoms with Crippen LogP contribution in [0.5, 0.6) is 0 Å². The molecule has 4 heteroatoms. The summed E-state index contributed by atoms with van der Waals surface area (Å²) in [6.45, 7) is 0. The molecular weight excluding hydrogens is 783 g/mol. The third-order valence-corrected chi connectivity index (χ3v) is 15.4. The van der Waals surface area contributed by atoms with Crippen LogP contribution >= 0.6 is 11.8 Å². The van der Waals surface area contributed by atoms with Gasteiger partial charge in [0.25, 0.3) is 0 Å². The van der Waals surface area contributed by atoms with E-state index in [9.17, 15) is 0 Å². The summed E-state index contributed by atoms with van der Waals surface area (Å²) in [4.78, 5) is 2.59. The molecule has 0 N–H and O–H groups in total. The molecule has 15 rings (SSSR count). The number of hydrogen-bond donors (Lipinski definition) is 0. The standard InChI is InChI=1S/C59H35N3S/c1-2-15-37-32-38(29-28-36(37)14-1)60-50-23-8-4-17-41(50)44-33-39(30-31-53(44)60)61-51-24-9-5-18-42(51)45-34-49-57(35-55(45)61)63-56-27-12-7-21-47(56)59(49)46-20-6-11-26-54(46)62-52-25-10-3-16-40(52)43-19-13-22-48(59)58(43)62/h1-35H. The van der Waals surface area contributed by atoms with E-state index in [0.717, 1.165) is 5.69 Å². The largest absolute Gasteiger partial charge is 0.309 e. The number of rotatable bonds is 2. The van der Waals surface area contributed by atoms with Crippen LogP contribution in [-0.4, -0.2) is 13.7 Å². The molecule has 0 radical (unpaired) electrons. The highest BCUT2D eigenvalue weighted by Gasteiger charge is 2.49. The van der Waals surface area contributed by atoms with Crippen molar-refractivity contribution in [3.63, 3.8) is 0 Å². The van der Waals surface area contributed by atoms with E-state index in [1.807, 2.05) is 11.8 Å². The number of fused-ring (bicyclic) bond motifs is 18. The summed E-state index contributed by atoms with van der Waals surface area (Å²) in [6, 6.07) is 79.7. The third-order valence-electron chi connectivity index (χ3n) is 14.2. The molecule has 13 aromatic rings. The lowest BCUT2D eigenvalue weighted by atomic mass is 9.62. The van der Waals surface area contributed by atoms with Gasteiger partial charge in [-0.25, -0.2) is 0 Å². The molecule has 10 aromatic carbocycles. The van der Waals surface area contributed by atoms with E-state index >= 15 is 0 Å². The quantitative estimate of drug-likeness (QED) is 0.170. The monoisotopic (exact) mass is 817 g/mol. The second-order valence-electron chi connectivity index (χ2n) is 17.2. The van der Waals surface area contributed by atoms with Crippen LogP contribution in [0.4, 0.5) is 0 Å². The van der Waals surface area contributed by atoms with E-state index in [1.165, 1.54) is 120 Å². The fourth-order valence-corrected chi connectivity index (χ4v) is 13.0. The molecular formula is C59H35N3S. The average Bonchev–Trinajstić information content (AvgIpc) is 3.98. The van der Waals surface area contributed by atoms with E-state index < -0.39 is 5.41 Å². The zero-order chi connectivity index (χ0) is 41.0. The molecule has 0 fully saturated rings. The molecule has 0 bridgehead atoms. The SMILES string of the molecule is c1ccc2c(c1)Sc1cc3c(cc1C21c2ccccc2-n2c4ccccc4c4cccc1c42)c1ccccc1n3-c1ccc2c(c1)c1ccccc1n2-c1ccc2ccccc2c1. The van der Waals surface area contributed by atoms with Gasteiger partial charge < -0.3 is 13.7 Å². The summed E-state index contributed by atoms with van der Waals surface area (Å²) >= 11 is 1.91. The molecule has 0 aliphatic carbocycles. The number of nitrogens with zero attached hydrogens (tertiary/aromatic N) is 3. The minimum atomic E-state index is -0.543. The number of benzene rings is 10. The summed E-state index contributed by atoms with van der Waals surface area (Å²) in [5, 5.41) is 10.1. The molecule has 1 unspecified atom stereocenters. The van der Waals surface area contributed by atoms with E-state index in [2.05, 4.69) is 226 Å². The Hall–Kier alpha value is -7.79. The second kappa shape index (κ2) is 12.2. The van der Waals surface area contributed by atoms with Gasteiger partial charge in [0.05, 0.1) is 44.2 Å². The number of aromatic nitrogens is 3. The van der Waals surface area contributed by atoms with Crippen molar-refractivity contribution in [1.82, 2.24) is 13.7 Å². The van der Waals surface area contributed by atoms with E-state index in [1.54, 1.807) is 0 Å². The highest BCUT2D eigenvalue weighted by molar-refractivity contribution is 7.99. The van der Waals surface area contributed by atoms with Crippen LogP contribution in [0, 0.1) is 0 Å². The fourth-order valence-electron chi connectivity index (χ4n) is 11.8. The van der Waals surface area contributed by atoms with Crippen LogP contribution in [0.3, 0.4) is 0 Å². The fraction of sp³-hybridized carbons (Fsp3) is 0.0169. The van der Waals surface area contributed by atoms with Crippen LogP contribution in [0.25, 0.3) is 93.3 Å². The maximum Gasteiger partial charge on any atom is 0.0764 e. The minimum Gasteiger partial charge on any atom is -0.309 e. The third kappa shape index (κ3) is 4.26. The Bertz CT molecular complexity index is 4140.